The number of likely N-dealkylation sites (tertiary alicyclic amines) is 1. The molecule has 3 nitrogen and oxygen atoms in total. The number of carbonyl (C=O) groups is 2. The molecule has 1 aliphatic heterocycles. The summed E-state index contributed by atoms with van der Waals surface area (Å²) in [5.74, 6) is -0.869. The Hall–Kier alpha value is -2.41. The van der Waals surface area contributed by atoms with Gasteiger partial charge in [-0.2, -0.15) is 13.2 Å². The molecule has 0 amide bonds. The summed E-state index contributed by atoms with van der Waals surface area (Å²) >= 11 is 3.29. The van der Waals surface area contributed by atoms with Crippen molar-refractivity contribution in [2.45, 2.75) is 25.4 Å². The Morgan fingerprint density at radius 1 is 1.00 bits per heavy atom. The zero-order chi connectivity index (χ0) is 21.0. The maximum absolute atomic E-state index is 13.1. The van der Waals surface area contributed by atoms with Crippen LogP contribution < -0.4 is 0 Å². The van der Waals surface area contributed by atoms with Crippen molar-refractivity contribution in [3.8, 4) is 0 Å². The highest BCUT2D eigenvalue weighted by Crippen LogP contribution is 2.32. The molecule has 0 spiro atoms. The molecule has 0 aromatic heterocycles. The normalized spacial score (nSPS) is 14.9. The van der Waals surface area contributed by atoms with E-state index in [1.807, 2.05) is 4.90 Å². The van der Waals surface area contributed by atoms with Gasteiger partial charge in [0.1, 0.15) is 0 Å². The first kappa shape index (κ1) is 21.3. The van der Waals surface area contributed by atoms with Gasteiger partial charge in [0.05, 0.1) is 12.0 Å². The van der Waals surface area contributed by atoms with Gasteiger partial charge < -0.3 is 4.90 Å². The van der Waals surface area contributed by atoms with Crippen molar-refractivity contribution in [3.05, 3.63) is 75.9 Å². The minimum atomic E-state index is -4.51. The molecule has 1 heterocycles. The van der Waals surface area contributed by atoms with Gasteiger partial charge in [0, 0.05) is 34.9 Å². The number of allylic oxidation sites excluding steroid dienone is 1. The molecule has 0 saturated carbocycles. The van der Waals surface area contributed by atoms with E-state index in [1.54, 1.807) is 30.5 Å². The van der Waals surface area contributed by atoms with Gasteiger partial charge in [0.15, 0.2) is 11.6 Å². The largest absolute Gasteiger partial charge is 0.416 e. The molecule has 0 radical (unpaired) electrons. The quantitative estimate of drug-likeness (QED) is 0.309. The van der Waals surface area contributed by atoms with E-state index in [9.17, 15) is 22.8 Å². The lowest BCUT2D eigenvalue weighted by Gasteiger charge is -2.16. The summed E-state index contributed by atoms with van der Waals surface area (Å²) < 4.78 is 40.2. The average molecular weight is 466 g/mol. The number of hydrogen-bond acceptors (Lipinski definition) is 3. The van der Waals surface area contributed by atoms with Crippen molar-refractivity contribution in [1.82, 2.24) is 4.90 Å². The van der Waals surface area contributed by atoms with Crippen LogP contribution in [0.1, 0.15) is 40.7 Å². The molecule has 0 atom stereocenters. The van der Waals surface area contributed by atoms with E-state index in [0.717, 1.165) is 42.5 Å². The Bertz CT molecular complexity index is 930. The van der Waals surface area contributed by atoms with Crippen LogP contribution in [0.3, 0.4) is 0 Å². The molecule has 29 heavy (non-hydrogen) atoms. The summed E-state index contributed by atoms with van der Waals surface area (Å²) in [6, 6.07) is 11.3. The van der Waals surface area contributed by atoms with Crippen molar-refractivity contribution < 1.29 is 22.8 Å². The van der Waals surface area contributed by atoms with Crippen LogP contribution in [-0.2, 0) is 11.0 Å². The van der Waals surface area contributed by atoms with E-state index in [-0.39, 0.29) is 16.9 Å². The van der Waals surface area contributed by atoms with E-state index in [2.05, 4.69) is 15.9 Å². The second-order valence-electron chi connectivity index (χ2n) is 6.89. The number of carbonyl (C=O) groups excluding carboxylic acids is 2. The second kappa shape index (κ2) is 8.95. The second-order valence-corrected chi connectivity index (χ2v) is 7.81. The molecule has 152 valence electrons. The Labute approximate surface area is 175 Å². The number of ketones is 2. The lowest BCUT2D eigenvalue weighted by molar-refractivity contribution is -0.137. The minimum absolute atomic E-state index is 0.128. The number of halogens is 4. The third-order valence-electron chi connectivity index (χ3n) is 4.74. The molecule has 1 fully saturated rings. The third kappa shape index (κ3) is 5.56. The van der Waals surface area contributed by atoms with Gasteiger partial charge in [0.25, 0.3) is 0 Å². The molecular weight excluding hydrogens is 447 g/mol. The summed E-state index contributed by atoms with van der Waals surface area (Å²) in [4.78, 5) is 27.4. The van der Waals surface area contributed by atoms with E-state index in [0.29, 0.717) is 5.56 Å². The standard InChI is InChI=1S/C22H19BrF3NO2/c23-18-8-6-15(7-9-18)20(28)13-21(29)19(14-27-10-1-2-11-27)16-4-3-5-17(12-16)22(24,25)26/h3-9,12,14H,1-2,10-11,13H2/b19-14+. The van der Waals surface area contributed by atoms with Crippen LogP contribution in [0.15, 0.2) is 59.2 Å². The summed E-state index contributed by atoms with van der Waals surface area (Å²) in [5, 5.41) is 0. The summed E-state index contributed by atoms with van der Waals surface area (Å²) in [6.07, 6.45) is -1.40. The molecular formula is C22H19BrF3NO2. The number of hydrogen-bond donors (Lipinski definition) is 0. The highest BCUT2D eigenvalue weighted by Gasteiger charge is 2.31. The Morgan fingerprint density at radius 3 is 2.28 bits per heavy atom. The molecule has 1 aliphatic rings. The first-order valence-corrected chi connectivity index (χ1v) is 9.99. The molecule has 2 aromatic rings. The van der Waals surface area contributed by atoms with Gasteiger partial charge >= 0.3 is 6.18 Å². The predicted molar refractivity (Wildman–Crippen MR) is 108 cm³/mol. The molecule has 3 rings (SSSR count). The predicted octanol–water partition coefficient (Wildman–Crippen LogP) is 5.75. The van der Waals surface area contributed by atoms with Gasteiger partial charge in [-0.15, -0.1) is 0 Å². The topological polar surface area (TPSA) is 37.4 Å². The van der Waals surface area contributed by atoms with Crippen molar-refractivity contribution >= 4 is 33.1 Å². The first-order valence-electron chi connectivity index (χ1n) is 9.19. The number of nitrogens with zero attached hydrogens (tertiary/aromatic N) is 1. The fourth-order valence-electron chi connectivity index (χ4n) is 3.20. The van der Waals surface area contributed by atoms with Crippen LogP contribution >= 0.6 is 15.9 Å². The maximum Gasteiger partial charge on any atom is 0.416 e. The summed E-state index contributed by atoms with van der Waals surface area (Å²) in [7, 11) is 0. The van der Waals surface area contributed by atoms with Crippen LogP contribution in [0, 0.1) is 0 Å². The van der Waals surface area contributed by atoms with Crippen LogP contribution in [0.2, 0.25) is 0 Å². The van der Waals surface area contributed by atoms with Crippen molar-refractivity contribution in [2.24, 2.45) is 0 Å². The number of Topliss-reactive ketones (excluding diaryl/α,β-unsaturated/α-hetero) is 2. The van der Waals surface area contributed by atoms with Crippen LogP contribution in [0.5, 0.6) is 0 Å². The highest BCUT2D eigenvalue weighted by atomic mass is 79.9. The van der Waals surface area contributed by atoms with E-state index in [1.165, 1.54) is 12.1 Å². The van der Waals surface area contributed by atoms with E-state index in [4.69, 9.17) is 0 Å². The molecule has 2 aromatic carbocycles. The van der Waals surface area contributed by atoms with Gasteiger partial charge in [-0.3, -0.25) is 9.59 Å². The molecule has 0 aliphatic carbocycles. The monoisotopic (exact) mass is 465 g/mol. The Morgan fingerprint density at radius 2 is 1.66 bits per heavy atom. The zero-order valence-corrected chi connectivity index (χ0v) is 17.1. The van der Waals surface area contributed by atoms with Crippen LogP contribution in [0.4, 0.5) is 13.2 Å². The average Bonchev–Trinajstić information content (AvgIpc) is 3.19. The first-order chi connectivity index (χ1) is 13.7. The van der Waals surface area contributed by atoms with Crippen molar-refractivity contribution in [3.63, 3.8) is 0 Å². The van der Waals surface area contributed by atoms with Crippen LogP contribution in [-0.4, -0.2) is 29.6 Å². The van der Waals surface area contributed by atoms with Gasteiger partial charge in [-0.25, -0.2) is 0 Å². The summed E-state index contributed by atoms with van der Waals surface area (Å²) in [5.41, 5.74) is -0.149. The van der Waals surface area contributed by atoms with Crippen molar-refractivity contribution in [2.75, 3.05) is 13.1 Å². The zero-order valence-electron chi connectivity index (χ0n) is 15.5. The van der Waals surface area contributed by atoms with Gasteiger partial charge in [0.2, 0.25) is 0 Å². The molecule has 7 heteroatoms. The SMILES string of the molecule is O=C(CC(=O)c1ccc(Br)cc1)/C(=C/N1CCCC1)c1cccc(C(F)(F)F)c1. The molecule has 0 N–H and O–H groups in total. The molecule has 0 unspecified atom stereocenters. The number of rotatable bonds is 6. The van der Waals surface area contributed by atoms with Gasteiger partial charge in [-0.05, 0) is 42.7 Å². The number of benzene rings is 2. The molecule has 0 bridgehead atoms. The lowest BCUT2D eigenvalue weighted by Crippen LogP contribution is -2.17. The van der Waals surface area contributed by atoms with E-state index < -0.39 is 23.9 Å². The Balaban J connectivity index is 1.90. The number of alkyl halides is 3. The summed E-state index contributed by atoms with van der Waals surface area (Å²) in [6.45, 7) is 1.47. The van der Waals surface area contributed by atoms with Gasteiger partial charge in [-0.1, -0.05) is 40.2 Å². The smallest absolute Gasteiger partial charge is 0.377 e. The third-order valence-corrected chi connectivity index (χ3v) is 5.27. The van der Waals surface area contributed by atoms with Crippen molar-refractivity contribution in [1.29, 1.82) is 0 Å². The lowest BCUT2D eigenvalue weighted by atomic mass is 9.95. The van der Waals surface area contributed by atoms with E-state index >= 15 is 0 Å². The fraction of sp³-hybridized carbons (Fsp3) is 0.273. The minimum Gasteiger partial charge on any atom is -0.377 e. The highest BCUT2D eigenvalue weighted by molar-refractivity contribution is 9.10. The molecule has 1 saturated heterocycles. The Kier molecular flexibility index (Phi) is 6.57. The maximum atomic E-state index is 13.1. The van der Waals surface area contributed by atoms with Crippen LogP contribution in [0.25, 0.3) is 5.57 Å². The fourth-order valence-corrected chi connectivity index (χ4v) is 3.47.